The number of carbonyl (C=O) groups excluding carboxylic acids is 1. The molecule has 1 atom stereocenters. The standard InChI is InChI=1S/C22H28N4O5/c1-21(2,3)31-20(29)26(30-4)22(19(27)28,14-16-9-6-5-7-10-16)17-11-8-12-18(13-17)24-15-25-23/h5-13,15H,14,23H2,1-4H3,(H,24,25)(H,27,28)/t22-/m1/s1. The van der Waals surface area contributed by atoms with Crippen LogP contribution in [0.25, 0.3) is 0 Å². The molecule has 0 aliphatic carbocycles. The first-order valence-electron chi connectivity index (χ1n) is 9.58. The fourth-order valence-electron chi connectivity index (χ4n) is 3.11. The zero-order valence-corrected chi connectivity index (χ0v) is 18.0. The third kappa shape index (κ3) is 5.80. The Hall–Kier alpha value is -3.43. The van der Waals surface area contributed by atoms with Gasteiger partial charge in [0.1, 0.15) is 11.9 Å². The summed E-state index contributed by atoms with van der Waals surface area (Å²) in [6.45, 7) is 5.06. The van der Waals surface area contributed by atoms with Gasteiger partial charge in [0.05, 0.1) is 12.8 Å². The number of hydrogen-bond acceptors (Lipinski definition) is 6. The molecule has 0 fully saturated rings. The maximum absolute atomic E-state index is 13.0. The number of nitrogens with one attached hydrogen (secondary N) is 1. The van der Waals surface area contributed by atoms with Gasteiger partial charge in [-0.1, -0.05) is 42.5 Å². The second kappa shape index (κ2) is 10.1. The smallest absolute Gasteiger partial charge is 0.435 e. The monoisotopic (exact) mass is 428 g/mol. The number of hydroxylamine groups is 2. The minimum atomic E-state index is -1.93. The summed E-state index contributed by atoms with van der Waals surface area (Å²) in [5.41, 5.74) is 0.918. The van der Waals surface area contributed by atoms with E-state index in [0.717, 1.165) is 5.06 Å². The largest absolute Gasteiger partial charge is 0.479 e. The number of hydrogen-bond donors (Lipinski definition) is 3. The van der Waals surface area contributed by atoms with Crippen molar-refractivity contribution in [2.45, 2.75) is 38.3 Å². The second-order valence-electron chi connectivity index (χ2n) is 7.76. The van der Waals surface area contributed by atoms with E-state index in [-0.39, 0.29) is 12.0 Å². The van der Waals surface area contributed by atoms with Crippen LogP contribution in [0.3, 0.4) is 0 Å². The Balaban J connectivity index is 2.71. The highest BCUT2D eigenvalue weighted by atomic mass is 16.7. The summed E-state index contributed by atoms with van der Waals surface area (Å²) < 4.78 is 5.44. The third-order valence-electron chi connectivity index (χ3n) is 4.36. The lowest BCUT2D eigenvalue weighted by atomic mass is 9.83. The van der Waals surface area contributed by atoms with E-state index in [0.29, 0.717) is 11.3 Å². The Morgan fingerprint density at radius 1 is 1.16 bits per heavy atom. The maximum atomic E-state index is 13.0. The number of ether oxygens (including phenoxy) is 1. The SMILES string of the molecule is CON(C(=O)OC(C)(C)C)[C@@](Cc1ccccc1)(C(=O)O)c1cccc(N=CNN)c1. The molecule has 4 N–H and O–H groups in total. The lowest BCUT2D eigenvalue weighted by molar-refractivity contribution is -0.205. The first-order chi connectivity index (χ1) is 14.6. The zero-order valence-electron chi connectivity index (χ0n) is 18.0. The maximum Gasteiger partial charge on any atom is 0.435 e. The van der Waals surface area contributed by atoms with Crippen molar-refractivity contribution in [1.29, 1.82) is 0 Å². The van der Waals surface area contributed by atoms with Crippen molar-refractivity contribution < 1.29 is 24.3 Å². The van der Waals surface area contributed by atoms with Crippen LogP contribution in [0.4, 0.5) is 10.5 Å². The van der Waals surface area contributed by atoms with Gasteiger partial charge in [-0.05, 0) is 44.0 Å². The normalized spacial score (nSPS) is 13.5. The number of hydrazine groups is 1. The Morgan fingerprint density at radius 2 is 1.84 bits per heavy atom. The van der Waals surface area contributed by atoms with Crippen molar-refractivity contribution in [1.82, 2.24) is 10.5 Å². The van der Waals surface area contributed by atoms with Gasteiger partial charge < -0.3 is 15.3 Å². The molecule has 31 heavy (non-hydrogen) atoms. The Kier molecular flexibility index (Phi) is 7.73. The second-order valence-corrected chi connectivity index (χ2v) is 7.76. The molecule has 1 amide bonds. The molecule has 0 bridgehead atoms. The molecular formula is C22H28N4O5. The molecular weight excluding hydrogens is 400 g/mol. The Bertz CT molecular complexity index is 927. The zero-order chi connectivity index (χ0) is 23.1. The minimum Gasteiger partial charge on any atom is -0.479 e. The van der Waals surface area contributed by atoms with Crippen LogP contribution in [0.2, 0.25) is 0 Å². The van der Waals surface area contributed by atoms with Crippen LogP contribution in [0.5, 0.6) is 0 Å². The average molecular weight is 428 g/mol. The summed E-state index contributed by atoms with van der Waals surface area (Å²) in [5.74, 6) is 3.95. The van der Waals surface area contributed by atoms with Crippen molar-refractivity contribution in [3.63, 3.8) is 0 Å². The van der Waals surface area contributed by atoms with E-state index in [4.69, 9.17) is 15.4 Å². The van der Waals surface area contributed by atoms with Crippen molar-refractivity contribution in [2.24, 2.45) is 10.8 Å². The van der Waals surface area contributed by atoms with E-state index < -0.39 is 23.2 Å². The molecule has 2 rings (SSSR count). The summed E-state index contributed by atoms with van der Waals surface area (Å²) in [5, 5.41) is 11.2. The molecule has 0 saturated heterocycles. The van der Waals surface area contributed by atoms with E-state index in [1.54, 1.807) is 69.3 Å². The number of carboxylic acids is 1. The van der Waals surface area contributed by atoms with Gasteiger partial charge in [-0.2, -0.15) is 5.06 Å². The molecule has 0 aliphatic rings. The molecule has 0 unspecified atom stereocenters. The molecule has 2 aromatic rings. The predicted octanol–water partition coefficient (Wildman–Crippen LogP) is 3.13. The van der Waals surface area contributed by atoms with E-state index in [2.05, 4.69) is 10.4 Å². The number of aliphatic carboxylic acids is 1. The number of benzene rings is 2. The highest BCUT2D eigenvalue weighted by Crippen LogP contribution is 2.36. The Morgan fingerprint density at radius 3 is 2.39 bits per heavy atom. The van der Waals surface area contributed by atoms with Crippen molar-refractivity contribution in [3.05, 3.63) is 65.7 Å². The molecule has 9 nitrogen and oxygen atoms in total. The highest BCUT2D eigenvalue weighted by Gasteiger charge is 2.51. The topological polar surface area (TPSA) is 126 Å². The van der Waals surface area contributed by atoms with E-state index >= 15 is 0 Å². The van der Waals surface area contributed by atoms with E-state index in [1.165, 1.54) is 13.4 Å². The van der Waals surface area contributed by atoms with Crippen LogP contribution >= 0.6 is 0 Å². The van der Waals surface area contributed by atoms with Gasteiger partial charge in [0, 0.05) is 6.42 Å². The molecule has 9 heteroatoms. The van der Waals surface area contributed by atoms with Crippen LogP contribution in [0.15, 0.2) is 59.6 Å². The number of amides is 1. The fourth-order valence-corrected chi connectivity index (χ4v) is 3.11. The molecule has 0 saturated carbocycles. The van der Waals surface area contributed by atoms with Crippen LogP contribution in [0, 0.1) is 0 Å². The Labute approximate surface area is 181 Å². The van der Waals surface area contributed by atoms with Gasteiger partial charge in [0.25, 0.3) is 0 Å². The summed E-state index contributed by atoms with van der Waals surface area (Å²) >= 11 is 0. The van der Waals surface area contributed by atoms with Crippen LogP contribution in [0.1, 0.15) is 31.9 Å². The number of rotatable bonds is 8. The summed E-state index contributed by atoms with van der Waals surface area (Å²) in [7, 11) is 1.23. The summed E-state index contributed by atoms with van der Waals surface area (Å²) in [6, 6.07) is 15.4. The number of carbonyl (C=O) groups is 2. The third-order valence-corrected chi connectivity index (χ3v) is 4.36. The minimum absolute atomic E-state index is 0.0709. The first kappa shape index (κ1) is 23.8. The van der Waals surface area contributed by atoms with Crippen molar-refractivity contribution >= 4 is 24.1 Å². The fraction of sp³-hybridized carbons (Fsp3) is 0.318. The first-order valence-corrected chi connectivity index (χ1v) is 9.58. The molecule has 0 aliphatic heterocycles. The van der Waals surface area contributed by atoms with Gasteiger partial charge >= 0.3 is 12.1 Å². The van der Waals surface area contributed by atoms with Gasteiger partial charge in [-0.3, -0.25) is 4.84 Å². The summed E-state index contributed by atoms with van der Waals surface area (Å²) in [4.78, 5) is 35.3. The summed E-state index contributed by atoms with van der Waals surface area (Å²) in [6.07, 6.45) is 0.269. The lowest BCUT2D eigenvalue weighted by Crippen LogP contribution is -2.56. The van der Waals surface area contributed by atoms with Gasteiger partial charge in [0.2, 0.25) is 0 Å². The molecule has 0 radical (unpaired) electrons. The van der Waals surface area contributed by atoms with Crippen molar-refractivity contribution in [2.75, 3.05) is 7.11 Å². The van der Waals surface area contributed by atoms with Crippen LogP contribution in [-0.2, 0) is 26.3 Å². The quantitative estimate of drug-likeness (QED) is 0.255. The molecule has 166 valence electrons. The number of nitrogens with zero attached hydrogens (tertiary/aromatic N) is 2. The molecule has 0 aromatic heterocycles. The van der Waals surface area contributed by atoms with Crippen molar-refractivity contribution in [3.8, 4) is 0 Å². The highest BCUT2D eigenvalue weighted by molar-refractivity contribution is 5.86. The number of aliphatic imine (C=N–C) groups is 1. The number of nitrogens with two attached hydrogens (primary N) is 1. The molecule has 0 spiro atoms. The lowest BCUT2D eigenvalue weighted by Gasteiger charge is -2.39. The van der Waals surface area contributed by atoms with Crippen LogP contribution in [-0.4, -0.2) is 41.3 Å². The predicted molar refractivity (Wildman–Crippen MR) is 116 cm³/mol. The average Bonchev–Trinajstić information content (AvgIpc) is 2.71. The molecule has 2 aromatic carbocycles. The van der Waals surface area contributed by atoms with E-state index in [9.17, 15) is 14.7 Å². The van der Waals surface area contributed by atoms with Gasteiger partial charge in [-0.15, -0.1) is 0 Å². The molecule has 0 heterocycles. The van der Waals surface area contributed by atoms with E-state index in [1.807, 2.05) is 6.07 Å². The number of carboxylic acid groups (broad SMARTS) is 1. The van der Waals surface area contributed by atoms with Gasteiger partial charge in [0.15, 0.2) is 5.54 Å². The van der Waals surface area contributed by atoms with Crippen LogP contribution < -0.4 is 11.3 Å². The van der Waals surface area contributed by atoms with Gasteiger partial charge in [-0.25, -0.2) is 20.4 Å².